The molecule has 0 amide bonds. The van der Waals surface area contributed by atoms with E-state index in [1.54, 1.807) is 25.1 Å². The standard InChI is InChI=1S/C33H32O10/c1-32(39)10-14-6-16-28(22(42-4)9-23(43-5)29(16)30(37)24(14)20(35)12-32)25-17-7-15(41-3)8-19(34)26(17)31(38)27-18(25)11-33(2,40)13-21(27)36/h6-9,34,37-40H,10-13H2,1-5H3. The van der Waals surface area contributed by atoms with Crippen molar-refractivity contribution in [1.82, 2.24) is 0 Å². The SMILES string of the molecule is COc1cc(O)c2c(O)c3c(c(-c4c(OC)cc(OC)c5c(O)c6c(cc45)CC(C)(O)CC6=O)c2c1)CC(C)(O)CC3=O. The third-order valence-corrected chi connectivity index (χ3v) is 8.54. The number of carbonyl (C=O) groups is 2. The van der Waals surface area contributed by atoms with Crippen molar-refractivity contribution in [3.05, 3.63) is 46.5 Å². The van der Waals surface area contributed by atoms with E-state index >= 15 is 0 Å². The van der Waals surface area contributed by atoms with Gasteiger partial charge in [-0.25, -0.2) is 0 Å². The molecule has 2 unspecified atom stereocenters. The van der Waals surface area contributed by atoms with Gasteiger partial charge in [-0.3, -0.25) is 9.59 Å². The highest BCUT2D eigenvalue weighted by Gasteiger charge is 2.40. The Hall–Kier alpha value is -4.54. The van der Waals surface area contributed by atoms with Crippen LogP contribution in [0, 0.1) is 0 Å². The predicted molar refractivity (Wildman–Crippen MR) is 158 cm³/mol. The van der Waals surface area contributed by atoms with Crippen molar-refractivity contribution in [3.8, 4) is 45.6 Å². The fourth-order valence-corrected chi connectivity index (χ4v) is 6.86. The van der Waals surface area contributed by atoms with Crippen molar-refractivity contribution in [1.29, 1.82) is 0 Å². The maximum Gasteiger partial charge on any atom is 0.169 e. The van der Waals surface area contributed by atoms with Crippen molar-refractivity contribution in [3.63, 3.8) is 0 Å². The molecule has 43 heavy (non-hydrogen) atoms. The van der Waals surface area contributed by atoms with Crippen LogP contribution < -0.4 is 14.2 Å². The van der Waals surface area contributed by atoms with Gasteiger partial charge in [0.1, 0.15) is 34.5 Å². The number of aliphatic hydroxyl groups is 2. The molecule has 2 aliphatic carbocycles. The van der Waals surface area contributed by atoms with E-state index < -0.39 is 28.5 Å². The molecule has 6 rings (SSSR count). The molecule has 4 aromatic carbocycles. The highest BCUT2D eigenvalue weighted by atomic mass is 16.5. The first-order chi connectivity index (χ1) is 20.2. The second kappa shape index (κ2) is 9.48. The molecular formula is C33H32O10. The Morgan fingerprint density at radius 1 is 0.628 bits per heavy atom. The van der Waals surface area contributed by atoms with E-state index in [9.17, 15) is 35.1 Å². The van der Waals surface area contributed by atoms with Gasteiger partial charge in [-0.05, 0) is 42.7 Å². The lowest BCUT2D eigenvalue weighted by molar-refractivity contribution is 0.0396. The maximum absolute atomic E-state index is 13.5. The average Bonchev–Trinajstić information content (AvgIpc) is 2.90. The summed E-state index contributed by atoms with van der Waals surface area (Å²) in [5.74, 6) is -1.29. The Morgan fingerprint density at radius 3 is 1.84 bits per heavy atom. The smallest absolute Gasteiger partial charge is 0.169 e. The monoisotopic (exact) mass is 588 g/mol. The van der Waals surface area contributed by atoms with Crippen molar-refractivity contribution >= 4 is 33.1 Å². The van der Waals surface area contributed by atoms with E-state index in [-0.39, 0.29) is 76.3 Å². The van der Waals surface area contributed by atoms with Crippen LogP contribution in [-0.4, -0.2) is 69.6 Å². The molecule has 10 heteroatoms. The zero-order chi connectivity index (χ0) is 31.2. The number of methoxy groups -OCH3 is 3. The van der Waals surface area contributed by atoms with E-state index in [0.29, 0.717) is 33.0 Å². The predicted octanol–water partition coefficient (Wildman–Crippen LogP) is 4.56. The van der Waals surface area contributed by atoms with E-state index in [0.717, 1.165) is 0 Å². The number of ketones is 2. The van der Waals surface area contributed by atoms with Crippen LogP contribution in [0.2, 0.25) is 0 Å². The highest BCUT2D eigenvalue weighted by molar-refractivity contribution is 6.20. The second-order valence-corrected chi connectivity index (χ2v) is 12.0. The first-order valence-electron chi connectivity index (χ1n) is 13.8. The summed E-state index contributed by atoms with van der Waals surface area (Å²) in [6, 6.07) is 6.15. The lowest BCUT2D eigenvalue weighted by atomic mass is 9.74. The number of hydrogen-bond acceptors (Lipinski definition) is 10. The number of Topliss-reactive ketones (excluding diaryl/α,β-unsaturated/α-hetero) is 2. The lowest BCUT2D eigenvalue weighted by Crippen LogP contribution is -2.36. The van der Waals surface area contributed by atoms with Gasteiger partial charge in [-0.2, -0.15) is 0 Å². The molecule has 0 spiro atoms. The van der Waals surface area contributed by atoms with E-state index in [2.05, 4.69) is 0 Å². The van der Waals surface area contributed by atoms with Crippen LogP contribution in [0.25, 0.3) is 32.7 Å². The van der Waals surface area contributed by atoms with E-state index in [4.69, 9.17) is 14.2 Å². The van der Waals surface area contributed by atoms with Gasteiger partial charge in [0.15, 0.2) is 11.6 Å². The molecule has 0 saturated carbocycles. The number of benzene rings is 4. The second-order valence-electron chi connectivity index (χ2n) is 12.0. The lowest BCUT2D eigenvalue weighted by Gasteiger charge is -2.33. The van der Waals surface area contributed by atoms with Crippen LogP contribution >= 0.6 is 0 Å². The first kappa shape index (κ1) is 28.6. The number of carbonyl (C=O) groups excluding carboxylic acids is 2. The van der Waals surface area contributed by atoms with E-state index in [1.165, 1.54) is 34.3 Å². The largest absolute Gasteiger partial charge is 0.507 e. The van der Waals surface area contributed by atoms with E-state index in [1.807, 2.05) is 0 Å². The minimum absolute atomic E-state index is 0.00393. The summed E-state index contributed by atoms with van der Waals surface area (Å²) in [5, 5.41) is 57.0. The van der Waals surface area contributed by atoms with Gasteiger partial charge in [0.25, 0.3) is 0 Å². The minimum atomic E-state index is -1.46. The number of rotatable bonds is 4. The summed E-state index contributed by atoms with van der Waals surface area (Å²) < 4.78 is 16.9. The van der Waals surface area contributed by atoms with Gasteiger partial charge in [0.05, 0.1) is 54.4 Å². The molecule has 0 aliphatic heterocycles. The van der Waals surface area contributed by atoms with Crippen LogP contribution in [-0.2, 0) is 12.8 Å². The number of aromatic hydroxyl groups is 3. The van der Waals surface area contributed by atoms with Crippen molar-refractivity contribution in [2.45, 2.75) is 50.7 Å². The molecule has 0 bridgehead atoms. The van der Waals surface area contributed by atoms with Gasteiger partial charge < -0.3 is 39.7 Å². The Bertz CT molecular complexity index is 1900. The molecular weight excluding hydrogens is 556 g/mol. The van der Waals surface area contributed by atoms with Crippen LogP contribution in [0.3, 0.4) is 0 Å². The van der Waals surface area contributed by atoms with Crippen LogP contribution in [0.5, 0.6) is 34.5 Å². The molecule has 2 atom stereocenters. The van der Waals surface area contributed by atoms with Crippen molar-refractivity contribution < 1.29 is 49.3 Å². The fraction of sp³-hybridized carbons (Fsp3) is 0.333. The number of ether oxygens (including phenoxy) is 3. The first-order valence-corrected chi connectivity index (χ1v) is 13.8. The third kappa shape index (κ3) is 4.24. The van der Waals surface area contributed by atoms with Gasteiger partial charge >= 0.3 is 0 Å². The molecule has 0 saturated heterocycles. The fourth-order valence-electron chi connectivity index (χ4n) is 6.86. The van der Waals surface area contributed by atoms with Gasteiger partial charge in [0, 0.05) is 54.2 Å². The summed E-state index contributed by atoms with van der Waals surface area (Å²) in [6.07, 6.45) is -0.378. The summed E-state index contributed by atoms with van der Waals surface area (Å²) >= 11 is 0. The number of phenols is 3. The molecule has 5 N–H and O–H groups in total. The average molecular weight is 589 g/mol. The quantitative estimate of drug-likeness (QED) is 0.228. The van der Waals surface area contributed by atoms with Gasteiger partial charge in [-0.15, -0.1) is 0 Å². The Labute approximate surface area is 246 Å². The van der Waals surface area contributed by atoms with Crippen LogP contribution in [0.1, 0.15) is 58.5 Å². The van der Waals surface area contributed by atoms with Gasteiger partial charge in [0.2, 0.25) is 0 Å². The number of hydrogen-bond donors (Lipinski definition) is 5. The molecule has 10 nitrogen and oxygen atoms in total. The zero-order valence-corrected chi connectivity index (χ0v) is 24.4. The molecule has 0 radical (unpaired) electrons. The molecule has 4 aromatic rings. The summed E-state index contributed by atoms with van der Waals surface area (Å²) in [4.78, 5) is 26.6. The Morgan fingerprint density at radius 2 is 1.21 bits per heavy atom. The molecule has 224 valence electrons. The summed E-state index contributed by atoms with van der Waals surface area (Å²) in [5.41, 5.74) is -1.34. The Kier molecular flexibility index (Phi) is 6.30. The normalized spacial score (nSPS) is 21.6. The topological polar surface area (TPSA) is 163 Å². The molecule has 0 heterocycles. The highest BCUT2D eigenvalue weighted by Crippen LogP contribution is 2.55. The molecule has 0 fully saturated rings. The minimum Gasteiger partial charge on any atom is -0.507 e. The summed E-state index contributed by atoms with van der Waals surface area (Å²) in [7, 11) is 4.27. The Balaban J connectivity index is 1.89. The van der Waals surface area contributed by atoms with Crippen LogP contribution in [0.4, 0.5) is 0 Å². The van der Waals surface area contributed by atoms with Crippen molar-refractivity contribution in [2.75, 3.05) is 21.3 Å². The number of fused-ring (bicyclic) bond motifs is 4. The molecule has 2 aliphatic rings. The van der Waals surface area contributed by atoms with Crippen LogP contribution in [0.15, 0.2) is 24.3 Å². The van der Waals surface area contributed by atoms with Crippen molar-refractivity contribution in [2.24, 2.45) is 0 Å². The third-order valence-electron chi connectivity index (χ3n) is 8.54. The number of phenolic OH excluding ortho intramolecular Hbond substituents is 3. The molecule has 0 aromatic heterocycles. The van der Waals surface area contributed by atoms with Gasteiger partial charge in [-0.1, -0.05) is 0 Å². The zero-order valence-electron chi connectivity index (χ0n) is 24.4. The summed E-state index contributed by atoms with van der Waals surface area (Å²) in [6.45, 7) is 3.08. The maximum atomic E-state index is 13.5.